The normalized spacial score (nSPS) is 30.8. The van der Waals surface area contributed by atoms with Gasteiger partial charge in [0.05, 0.1) is 55.6 Å². The number of hydrogen-bond acceptors (Lipinski definition) is 8. The molecule has 6 heterocycles. The van der Waals surface area contributed by atoms with Crippen molar-refractivity contribution in [1.82, 2.24) is 19.7 Å². The molecule has 4 aliphatic heterocycles. The van der Waals surface area contributed by atoms with Gasteiger partial charge in [-0.25, -0.2) is 4.68 Å². The van der Waals surface area contributed by atoms with Crippen molar-refractivity contribution in [3.05, 3.63) is 6.20 Å². The Balaban J connectivity index is 1.50. The molecule has 0 spiro atoms. The summed E-state index contributed by atoms with van der Waals surface area (Å²) in [7, 11) is 0. The lowest BCUT2D eigenvalue weighted by atomic mass is 10.0. The average molecular weight is 429 g/mol. The molecule has 4 fully saturated rings. The fourth-order valence-corrected chi connectivity index (χ4v) is 5.55. The first-order valence-electron chi connectivity index (χ1n) is 11.7. The van der Waals surface area contributed by atoms with E-state index in [9.17, 15) is 0 Å². The number of hydrogen-bond donors (Lipinski definition) is 0. The second kappa shape index (κ2) is 7.56. The number of morpholine rings is 2. The van der Waals surface area contributed by atoms with Crippen molar-refractivity contribution in [2.24, 2.45) is 0 Å². The molecule has 0 aromatic carbocycles. The number of rotatable bonds is 3. The van der Waals surface area contributed by atoms with Crippen LogP contribution in [0.4, 0.5) is 11.8 Å². The van der Waals surface area contributed by atoms with Crippen LogP contribution in [0, 0.1) is 0 Å². The van der Waals surface area contributed by atoms with E-state index < -0.39 is 0 Å². The molecule has 168 valence electrons. The Hall–Kier alpha value is -1.97. The molecule has 31 heavy (non-hydrogen) atoms. The van der Waals surface area contributed by atoms with Crippen LogP contribution in [0.3, 0.4) is 0 Å². The number of ether oxygens (including phenoxy) is 3. The Labute approximate surface area is 182 Å². The first-order chi connectivity index (χ1) is 15.1. The molecule has 4 aliphatic rings. The second-order valence-corrected chi connectivity index (χ2v) is 9.84. The number of nitrogens with zero attached hydrogens (tertiary/aromatic N) is 6. The van der Waals surface area contributed by atoms with E-state index in [0.29, 0.717) is 25.3 Å². The molecule has 0 saturated carbocycles. The average Bonchev–Trinajstić information content (AvgIpc) is 3.31. The van der Waals surface area contributed by atoms with E-state index in [1.54, 1.807) is 0 Å². The molecule has 2 aromatic rings. The maximum atomic E-state index is 6.07. The summed E-state index contributed by atoms with van der Waals surface area (Å²) in [6.07, 6.45) is 7.37. The van der Waals surface area contributed by atoms with Gasteiger partial charge in [-0.1, -0.05) is 0 Å². The van der Waals surface area contributed by atoms with Crippen molar-refractivity contribution in [3.8, 4) is 0 Å². The van der Waals surface area contributed by atoms with Gasteiger partial charge in [0, 0.05) is 13.2 Å². The van der Waals surface area contributed by atoms with E-state index in [4.69, 9.17) is 29.3 Å². The number of aromatic nitrogens is 4. The molecule has 3 atom stereocenters. The van der Waals surface area contributed by atoms with Crippen LogP contribution in [0.25, 0.3) is 11.0 Å². The van der Waals surface area contributed by atoms with Crippen LogP contribution >= 0.6 is 0 Å². The molecule has 0 radical (unpaired) electrons. The van der Waals surface area contributed by atoms with E-state index in [1.807, 2.05) is 10.9 Å². The summed E-state index contributed by atoms with van der Waals surface area (Å²) in [5.74, 6) is 1.76. The largest absolute Gasteiger partial charge is 0.377 e. The lowest BCUT2D eigenvalue weighted by Crippen LogP contribution is -2.54. The van der Waals surface area contributed by atoms with Gasteiger partial charge in [0.25, 0.3) is 0 Å². The van der Waals surface area contributed by atoms with Gasteiger partial charge >= 0.3 is 0 Å². The third-order valence-electron chi connectivity index (χ3n) is 7.22. The van der Waals surface area contributed by atoms with Crippen molar-refractivity contribution in [2.75, 3.05) is 49.4 Å². The molecule has 0 amide bonds. The third-order valence-corrected chi connectivity index (χ3v) is 7.22. The Kier molecular flexibility index (Phi) is 4.81. The highest BCUT2D eigenvalue weighted by atomic mass is 16.5. The van der Waals surface area contributed by atoms with Gasteiger partial charge in [-0.3, -0.25) is 0 Å². The minimum Gasteiger partial charge on any atom is -0.377 e. The zero-order chi connectivity index (χ0) is 21.0. The molecule has 4 saturated heterocycles. The quantitative estimate of drug-likeness (QED) is 0.738. The SMILES string of the molecule is CC1(C)COCCN1c1nc(N2C3CCC2COC3)nc2c1cnn2C1CCCCO1. The Morgan fingerprint density at radius 2 is 1.84 bits per heavy atom. The third kappa shape index (κ3) is 3.29. The predicted octanol–water partition coefficient (Wildman–Crippen LogP) is 2.51. The zero-order valence-electron chi connectivity index (χ0n) is 18.5. The van der Waals surface area contributed by atoms with Crippen LogP contribution in [-0.4, -0.2) is 77.0 Å². The number of fused-ring (bicyclic) bond motifs is 3. The lowest BCUT2D eigenvalue weighted by molar-refractivity contribution is -0.0370. The number of anilines is 2. The zero-order valence-corrected chi connectivity index (χ0v) is 18.5. The maximum absolute atomic E-state index is 6.07. The summed E-state index contributed by atoms with van der Waals surface area (Å²) < 4.78 is 19.7. The molecule has 3 unspecified atom stereocenters. The van der Waals surface area contributed by atoms with Crippen LogP contribution < -0.4 is 9.80 Å². The maximum Gasteiger partial charge on any atom is 0.230 e. The highest BCUT2D eigenvalue weighted by molar-refractivity contribution is 5.88. The molecule has 9 heteroatoms. The molecule has 2 aromatic heterocycles. The van der Waals surface area contributed by atoms with Crippen LogP contribution in [-0.2, 0) is 14.2 Å². The van der Waals surface area contributed by atoms with Crippen molar-refractivity contribution < 1.29 is 14.2 Å². The van der Waals surface area contributed by atoms with Crippen LogP contribution in [0.1, 0.15) is 52.2 Å². The summed E-state index contributed by atoms with van der Waals surface area (Å²) in [5.41, 5.74) is 0.726. The fraction of sp³-hybridized carbons (Fsp3) is 0.773. The van der Waals surface area contributed by atoms with Crippen molar-refractivity contribution >= 4 is 22.8 Å². The van der Waals surface area contributed by atoms with Crippen LogP contribution in [0.5, 0.6) is 0 Å². The molecule has 6 rings (SSSR count). The van der Waals surface area contributed by atoms with Crippen molar-refractivity contribution in [3.63, 3.8) is 0 Å². The molecular weight excluding hydrogens is 396 g/mol. The van der Waals surface area contributed by atoms with Crippen molar-refractivity contribution in [1.29, 1.82) is 0 Å². The fourth-order valence-electron chi connectivity index (χ4n) is 5.55. The Morgan fingerprint density at radius 3 is 2.58 bits per heavy atom. The topological polar surface area (TPSA) is 77.8 Å². The van der Waals surface area contributed by atoms with Gasteiger partial charge in [0.2, 0.25) is 5.95 Å². The van der Waals surface area contributed by atoms with Crippen LogP contribution in [0.2, 0.25) is 0 Å². The molecule has 2 bridgehead atoms. The highest BCUT2D eigenvalue weighted by Gasteiger charge is 2.41. The highest BCUT2D eigenvalue weighted by Crippen LogP contribution is 2.38. The van der Waals surface area contributed by atoms with Gasteiger partial charge in [-0.05, 0) is 46.0 Å². The van der Waals surface area contributed by atoms with Gasteiger partial charge in [-0.2, -0.15) is 15.1 Å². The molecule has 9 nitrogen and oxygen atoms in total. The Bertz CT molecular complexity index is 940. The standard InChI is InChI=1S/C22H32N6O3/c1-22(2)14-29-10-8-26(22)19-17-11-23-28(18-5-3-4-9-31-18)20(17)25-21(24-19)27-15-6-7-16(27)13-30-12-15/h11,15-16,18H,3-10,12-14H2,1-2H3. The summed E-state index contributed by atoms with van der Waals surface area (Å²) >= 11 is 0. The van der Waals surface area contributed by atoms with Gasteiger partial charge in [-0.15, -0.1) is 0 Å². The summed E-state index contributed by atoms with van der Waals surface area (Å²) in [5, 5.41) is 5.74. The van der Waals surface area contributed by atoms with E-state index in [-0.39, 0.29) is 11.8 Å². The minimum absolute atomic E-state index is 0.0547. The molecular formula is C22H32N6O3. The van der Waals surface area contributed by atoms with Gasteiger partial charge < -0.3 is 24.0 Å². The molecule has 0 aliphatic carbocycles. The lowest BCUT2D eigenvalue weighted by Gasteiger charge is -2.43. The first-order valence-corrected chi connectivity index (χ1v) is 11.7. The van der Waals surface area contributed by atoms with Crippen LogP contribution in [0.15, 0.2) is 6.20 Å². The van der Waals surface area contributed by atoms with E-state index >= 15 is 0 Å². The second-order valence-electron chi connectivity index (χ2n) is 9.84. The van der Waals surface area contributed by atoms with Gasteiger partial charge in [0.15, 0.2) is 11.9 Å². The first kappa shape index (κ1) is 19.7. The molecule has 0 N–H and O–H groups in total. The summed E-state index contributed by atoms with van der Waals surface area (Å²) in [6, 6.07) is 0.702. The van der Waals surface area contributed by atoms with E-state index in [2.05, 4.69) is 23.6 Å². The monoisotopic (exact) mass is 428 g/mol. The van der Waals surface area contributed by atoms with Crippen molar-refractivity contribution in [2.45, 2.75) is 69.8 Å². The predicted molar refractivity (Wildman–Crippen MR) is 117 cm³/mol. The van der Waals surface area contributed by atoms with E-state index in [1.165, 1.54) is 0 Å². The van der Waals surface area contributed by atoms with E-state index in [0.717, 1.165) is 81.3 Å². The summed E-state index contributed by atoms with van der Waals surface area (Å²) in [6.45, 7) is 8.90. The minimum atomic E-state index is -0.149. The summed E-state index contributed by atoms with van der Waals surface area (Å²) in [4.78, 5) is 15.1. The van der Waals surface area contributed by atoms with Gasteiger partial charge in [0.1, 0.15) is 5.82 Å². The smallest absolute Gasteiger partial charge is 0.230 e. The Morgan fingerprint density at radius 1 is 1.00 bits per heavy atom.